The summed E-state index contributed by atoms with van der Waals surface area (Å²) in [5, 5.41) is 3.06. The molecule has 0 fully saturated rings. The third-order valence-corrected chi connectivity index (χ3v) is 2.12. The third kappa shape index (κ3) is 1.93. The molecule has 4 nitrogen and oxygen atoms in total. The Kier molecular flexibility index (Phi) is 2.33. The molecule has 0 radical (unpaired) electrons. The Balaban J connectivity index is 2.34. The molecular weight excluding hydrogens is 190 g/mol. The number of rotatable bonds is 3. The van der Waals surface area contributed by atoms with Crippen molar-refractivity contribution in [3.63, 3.8) is 0 Å². The lowest BCUT2D eigenvalue weighted by molar-refractivity contribution is 0.610. The van der Waals surface area contributed by atoms with Crippen molar-refractivity contribution in [1.29, 1.82) is 0 Å². The largest absolute Gasteiger partial charge is 0.423 e. The lowest BCUT2D eigenvalue weighted by Gasteiger charge is -2.04. The van der Waals surface area contributed by atoms with Gasteiger partial charge in [0.25, 0.3) is 6.01 Å². The van der Waals surface area contributed by atoms with Crippen LogP contribution in [0.2, 0.25) is 0 Å². The predicted molar refractivity (Wildman–Crippen MR) is 61.7 cm³/mol. The van der Waals surface area contributed by atoms with E-state index in [2.05, 4.69) is 16.9 Å². The van der Waals surface area contributed by atoms with Crippen LogP contribution in [0.3, 0.4) is 0 Å². The van der Waals surface area contributed by atoms with E-state index in [0.717, 1.165) is 5.52 Å². The van der Waals surface area contributed by atoms with Crippen molar-refractivity contribution in [2.75, 3.05) is 11.1 Å². The highest BCUT2D eigenvalue weighted by atomic mass is 16.4. The molecular formula is C11H13N3O. The second-order valence-corrected chi connectivity index (χ2v) is 3.41. The summed E-state index contributed by atoms with van der Waals surface area (Å²) in [5.41, 5.74) is 7.79. The number of oxazole rings is 1. The van der Waals surface area contributed by atoms with E-state index in [4.69, 9.17) is 10.2 Å². The zero-order chi connectivity index (χ0) is 10.8. The van der Waals surface area contributed by atoms with E-state index in [1.54, 1.807) is 18.2 Å². The lowest BCUT2D eigenvalue weighted by atomic mass is 10.3. The summed E-state index contributed by atoms with van der Waals surface area (Å²) in [4.78, 5) is 4.26. The minimum Gasteiger partial charge on any atom is -0.423 e. The van der Waals surface area contributed by atoms with Gasteiger partial charge in [-0.05, 0) is 19.1 Å². The van der Waals surface area contributed by atoms with Gasteiger partial charge in [0, 0.05) is 17.8 Å². The number of fused-ring (bicyclic) bond motifs is 1. The molecule has 0 aliphatic carbocycles. The maximum Gasteiger partial charge on any atom is 0.296 e. The van der Waals surface area contributed by atoms with Gasteiger partial charge >= 0.3 is 0 Å². The van der Waals surface area contributed by atoms with Crippen LogP contribution in [-0.4, -0.2) is 11.0 Å². The Bertz CT molecular complexity index is 490. The number of nitrogens with one attached hydrogen (secondary N) is 1. The SMILES string of the molecule is C=CC(C)Nc1nc2ccc(N)cc2o1. The second kappa shape index (κ2) is 3.65. The van der Waals surface area contributed by atoms with E-state index < -0.39 is 0 Å². The number of aromatic nitrogens is 1. The molecule has 0 aliphatic heterocycles. The van der Waals surface area contributed by atoms with E-state index in [0.29, 0.717) is 17.3 Å². The van der Waals surface area contributed by atoms with Crippen molar-refractivity contribution < 1.29 is 4.42 Å². The van der Waals surface area contributed by atoms with Gasteiger partial charge in [0.2, 0.25) is 0 Å². The Hall–Kier alpha value is -1.97. The molecule has 0 aliphatic rings. The summed E-state index contributed by atoms with van der Waals surface area (Å²) in [6.45, 7) is 5.64. The number of benzene rings is 1. The number of anilines is 2. The molecule has 0 amide bonds. The van der Waals surface area contributed by atoms with Gasteiger partial charge in [0.15, 0.2) is 5.58 Å². The van der Waals surface area contributed by atoms with Gasteiger partial charge in [-0.25, -0.2) is 0 Å². The van der Waals surface area contributed by atoms with Gasteiger partial charge in [-0.1, -0.05) is 6.08 Å². The highest BCUT2D eigenvalue weighted by Gasteiger charge is 2.06. The number of nitrogens with two attached hydrogens (primary N) is 1. The highest BCUT2D eigenvalue weighted by molar-refractivity contribution is 5.78. The van der Waals surface area contributed by atoms with Gasteiger partial charge in [0.05, 0.1) is 0 Å². The first-order chi connectivity index (χ1) is 7.19. The zero-order valence-corrected chi connectivity index (χ0v) is 8.53. The minimum atomic E-state index is 0.121. The van der Waals surface area contributed by atoms with Crippen molar-refractivity contribution in [2.45, 2.75) is 13.0 Å². The van der Waals surface area contributed by atoms with Crippen molar-refractivity contribution in [3.8, 4) is 0 Å². The highest BCUT2D eigenvalue weighted by Crippen LogP contribution is 2.21. The molecule has 1 aromatic heterocycles. The zero-order valence-electron chi connectivity index (χ0n) is 8.53. The summed E-state index contributed by atoms with van der Waals surface area (Å²) in [5.74, 6) is 0. The van der Waals surface area contributed by atoms with E-state index in [1.807, 2.05) is 13.0 Å². The molecule has 1 heterocycles. The van der Waals surface area contributed by atoms with Crippen molar-refractivity contribution >= 4 is 22.8 Å². The van der Waals surface area contributed by atoms with Gasteiger partial charge < -0.3 is 15.5 Å². The molecule has 0 saturated carbocycles. The summed E-state index contributed by atoms with van der Waals surface area (Å²) >= 11 is 0. The van der Waals surface area contributed by atoms with Crippen LogP contribution in [0.5, 0.6) is 0 Å². The molecule has 4 heteroatoms. The Morgan fingerprint density at radius 3 is 3.13 bits per heavy atom. The quantitative estimate of drug-likeness (QED) is 0.594. The predicted octanol–water partition coefficient (Wildman–Crippen LogP) is 2.40. The molecule has 1 unspecified atom stereocenters. The van der Waals surface area contributed by atoms with E-state index in [9.17, 15) is 0 Å². The normalized spacial score (nSPS) is 12.6. The van der Waals surface area contributed by atoms with E-state index >= 15 is 0 Å². The average Bonchev–Trinajstić information content (AvgIpc) is 2.59. The summed E-state index contributed by atoms with van der Waals surface area (Å²) < 4.78 is 5.47. The molecule has 1 aromatic carbocycles. The van der Waals surface area contributed by atoms with Crippen LogP contribution in [0.15, 0.2) is 35.3 Å². The van der Waals surface area contributed by atoms with Crippen LogP contribution in [0, 0.1) is 0 Å². The van der Waals surface area contributed by atoms with E-state index in [1.165, 1.54) is 0 Å². The summed E-state index contributed by atoms with van der Waals surface area (Å²) in [6.07, 6.45) is 1.78. The molecule has 0 spiro atoms. The number of nitrogens with zero attached hydrogens (tertiary/aromatic N) is 1. The number of hydrogen-bond acceptors (Lipinski definition) is 4. The monoisotopic (exact) mass is 203 g/mol. The molecule has 78 valence electrons. The second-order valence-electron chi connectivity index (χ2n) is 3.41. The first-order valence-corrected chi connectivity index (χ1v) is 4.74. The van der Waals surface area contributed by atoms with Gasteiger partial charge in [-0.15, -0.1) is 6.58 Å². The molecule has 1 atom stereocenters. The van der Waals surface area contributed by atoms with Crippen molar-refractivity contribution in [2.24, 2.45) is 0 Å². The Morgan fingerprint density at radius 2 is 2.40 bits per heavy atom. The molecule has 0 bridgehead atoms. The van der Waals surface area contributed by atoms with Gasteiger partial charge in [-0.3, -0.25) is 0 Å². The van der Waals surface area contributed by atoms with Crippen LogP contribution in [0.1, 0.15) is 6.92 Å². The fraction of sp³-hybridized carbons (Fsp3) is 0.182. The maximum absolute atomic E-state index is 5.64. The van der Waals surface area contributed by atoms with Gasteiger partial charge in [-0.2, -0.15) is 4.98 Å². The van der Waals surface area contributed by atoms with Gasteiger partial charge in [0.1, 0.15) is 5.52 Å². The summed E-state index contributed by atoms with van der Waals surface area (Å²) in [6, 6.07) is 5.99. The Morgan fingerprint density at radius 1 is 1.60 bits per heavy atom. The number of nitrogen functional groups attached to an aromatic ring is 1. The standard InChI is InChI=1S/C11H13N3O/c1-3-7(2)13-11-14-9-5-4-8(12)6-10(9)15-11/h3-7H,1,12H2,2H3,(H,13,14). The molecule has 0 saturated heterocycles. The lowest BCUT2D eigenvalue weighted by Crippen LogP contribution is -2.11. The van der Waals surface area contributed by atoms with Crippen LogP contribution >= 0.6 is 0 Å². The smallest absolute Gasteiger partial charge is 0.296 e. The third-order valence-electron chi connectivity index (χ3n) is 2.12. The maximum atomic E-state index is 5.64. The van der Waals surface area contributed by atoms with Crippen LogP contribution < -0.4 is 11.1 Å². The van der Waals surface area contributed by atoms with Crippen LogP contribution in [0.4, 0.5) is 11.7 Å². The fourth-order valence-corrected chi connectivity index (χ4v) is 1.26. The van der Waals surface area contributed by atoms with Crippen molar-refractivity contribution in [3.05, 3.63) is 30.9 Å². The molecule has 15 heavy (non-hydrogen) atoms. The molecule has 3 N–H and O–H groups in total. The summed E-state index contributed by atoms with van der Waals surface area (Å²) in [7, 11) is 0. The minimum absolute atomic E-state index is 0.121. The first kappa shape index (κ1) is 9.58. The van der Waals surface area contributed by atoms with Crippen molar-refractivity contribution in [1.82, 2.24) is 4.98 Å². The topological polar surface area (TPSA) is 64.1 Å². The fourth-order valence-electron chi connectivity index (χ4n) is 1.26. The average molecular weight is 203 g/mol. The first-order valence-electron chi connectivity index (χ1n) is 4.74. The Labute approximate surface area is 87.8 Å². The molecule has 2 aromatic rings. The van der Waals surface area contributed by atoms with Crippen LogP contribution in [-0.2, 0) is 0 Å². The molecule has 2 rings (SSSR count). The number of hydrogen-bond donors (Lipinski definition) is 2. The van der Waals surface area contributed by atoms with E-state index in [-0.39, 0.29) is 6.04 Å². The van der Waals surface area contributed by atoms with Crippen LogP contribution in [0.25, 0.3) is 11.1 Å².